The van der Waals surface area contributed by atoms with E-state index < -0.39 is 23.4 Å². The van der Waals surface area contributed by atoms with Crippen LogP contribution in [0.1, 0.15) is 51.9 Å². The maximum absolute atomic E-state index is 13.9. The summed E-state index contributed by atoms with van der Waals surface area (Å²) < 4.78 is 40.3. The standard InChI is InChI=1S/C18H23F3N2O2/c1-12(24)23(15-9-8-14(19)17(20)18(15)21)11-10-16(25)22-13-6-4-2-3-5-7-13/h8-9,13H,2-7,10-11H2,1H3,(H,22,25). The van der Waals surface area contributed by atoms with Crippen molar-refractivity contribution in [2.24, 2.45) is 0 Å². The molecule has 0 atom stereocenters. The van der Waals surface area contributed by atoms with E-state index in [-0.39, 0.29) is 30.6 Å². The van der Waals surface area contributed by atoms with Gasteiger partial charge in [-0.2, -0.15) is 0 Å². The first kappa shape index (κ1) is 19.3. The summed E-state index contributed by atoms with van der Waals surface area (Å²) in [5.41, 5.74) is -0.367. The van der Waals surface area contributed by atoms with Gasteiger partial charge in [-0.25, -0.2) is 13.2 Å². The molecule has 0 saturated heterocycles. The molecule has 2 amide bonds. The Hall–Kier alpha value is -2.05. The minimum atomic E-state index is -1.63. The molecule has 0 aromatic heterocycles. The number of benzene rings is 1. The van der Waals surface area contributed by atoms with Gasteiger partial charge in [-0.1, -0.05) is 25.7 Å². The van der Waals surface area contributed by atoms with E-state index in [1.54, 1.807) is 0 Å². The van der Waals surface area contributed by atoms with E-state index in [1.165, 1.54) is 19.8 Å². The van der Waals surface area contributed by atoms with Gasteiger partial charge in [0, 0.05) is 25.9 Å². The fourth-order valence-corrected chi connectivity index (χ4v) is 3.11. The number of carbonyl (C=O) groups excluding carboxylic acids is 2. The van der Waals surface area contributed by atoms with E-state index in [1.807, 2.05) is 0 Å². The van der Waals surface area contributed by atoms with Crippen LogP contribution in [0.4, 0.5) is 18.9 Å². The van der Waals surface area contributed by atoms with Gasteiger partial charge in [0.05, 0.1) is 5.69 Å². The summed E-state index contributed by atoms with van der Waals surface area (Å²) in [5.74, 6) is -5.17. The highest BCUT2D eigenvalue weighted by Gasteiger charge is 2.22. The van der Waals surface area contributed by atoms with E-state index in [0.29, 0.717) is 0 Å². The lowest BCUT2D eigenvalue weighted by Crippen LogP contribution is -2.38. The average molecular weight is 356 g/mol. The Morgan fingerprint density at radius 3 is 2.32 bits per heavy atom. The van der Waals surface area contributed by atoms with Crippen molar-refractivity contribution in [3.8, 4) is 0 Å². The summed E-state index contributed by atoms with van der Waals surface area (Å²) in [4.78, 5) is 24.8. The van der Waals surface area contributed by atoms with Crippen molar-refractivity contribution in [3.63, 3.8) is 0 Å². The fourth-order valence-electron chi connectivity index (χ4n) is 3.11. The predicted octanol–water partition coefficient (Wildman–Crippen LogP) is 3.69. The Morgan fingerprint density at radius 2 is 1.72 bits per heavy atom. The number of nitrogens with zero attached hydrogens (tertiary/aromatic N) is 1. The Morgan fingerprint density at radius 1 is 1.08 bits per heavy atom. The molecule has 0 unspecified atom stereocenters. The lowest BCUT2D eigenvalue weighted by molar-refractivity contribution is -0.121. The predicted molar refractivity (Wildman–Crippen MR) is 88.6 cm³/mol. The minimum absolute atomic E-state index is 0.0332. The van der Waals surface area contributed by atoms with Crippen LogP contribution < -0.4 is 10.2 Å². The molecule has 0 spiro atoms. The number of amides is 2. The topological polar surface area (TPSA) is 49.4 Å². The van der Waals surface area contributed by atoms with Crippen molar-refractivity contribution in [1.82, 2.24) is 5.32 Å². The molecule has 1 aromatic rings. The molecule has 1 aliphatic carbocycles. The van der Waals surface area contributed by atoms with Crippen LogP contribution in [0, 0.1) is 17.5 Å². The van der Waals surface area contributed by atoms with E-state index in [9.17, 15) is 22.8 Å². The summed E-state index contributed by atoms with van der Waals surface area (Å²) in [6, 6.07) is 1.88. The molecule has 1 N–H and O–H groups in total. The van der Waals surface area contributed by atoms with Crippen LogP contribution in [-0.4, -0.2) is 24.4 Å². The van der Waals surface area contributed by atoms with Crippen LogP contribution in [0.25, 0.3) is 0 Å². The Balaban J connectivity index is 1.99. The second-order valence-corrected chi connectivity index (χ2v) is 6.37. The van der Waals surface area contributed by atoms with E-state index in [4.69, 9.17) is 0 Å². The van der Waals surface area contributed by atoms with Crippen molar-refractivity contribution in [1.29, 1.82) is 0 Å². The molecule has 0 bridgehead atoms. The Bertz CT molecular complexity index is 629. The molecule has 0 heterocycles. The molecule has 0 radical (unpaired) electrons. The molecule has 25 heavy (non-hydrogen) atoms. The number of hydrogen-bond acceptors (Lipinski definition) is 2. The maximum atomic E-state index is 13.9. The molecule has 1 aromatic carbocycles. The van der Waals surface area contributed by atoms with Crippen LogP contribution in [0.5, 0.6) is 0 Å². The summed E-state index contributed by atoms with van der Waals surface area (Å²) in [5, 5.41) is 2.93. The molecule has 138 valence electrons. The molecule has 2 rings (SSSR count). The molecular weight excluding hydrogens is 333 g/mol. The maximum Gasteiger partial charge on any atom is 0.223 e. The smallest absolute Gasteiger partial charge is 0.223 e. The van der Waals surface area contributed by atoms with Gasteiger partial charge in [0.2, 0.25) is 11.8 Å². The third-order valence-electron chi connectivity index (χ3n) is 4.47. The first-order valence-electron chi connectivity index (χ1n) is 8.61. The summed E-state index contributed by atoms with van der Waals surface area (Å²) in [6.45, 7) is 1.08. The van der Waals surface area contributed by atoms with Gasteiger partial charge in [-0.3, -0.25) is 9.59 Å². The van der Waals surface area contributed by atoms with Gasteiger partial charge in [0.15, 0.2) is 17.5 Å². The molecule has 1 aliphatic rings. The highest BCUT2D eigenvalue weighted by molar-refractivity contribution is 5.92. The molecular formula is C18H23F3N2O2. The van der Waals surface area contributed by atoms with Crippen molar-refractivity contribution in [2.45, 2.75) is 57.9 Å². The number of rotatable bonds is 5. The number of hydrogen-bond donors (Lipinski definition) is 1. The first-order valence-corrected chi connectivity index (χ1v) is 8.61. The molecule has 7 heteroatoms. The lowest BCUT2D eigenvalue weighted by Gasteiger charge is -2.23. The van der Waals surface area contributed by atoms with E-state index >= 15 is 0 Å². The summed E-state index contributed by atoms with van der Waals surface area (Å²) in [6.07, 6.45) is 6.31. The van der Waals surface area contributed by atoms with E-state index in [0.717, 1.165) is 42.7 Å². The molecule has 4 nitrogen and oxygen atoms in total. The lowest BCUT2D eigenvalue weighted by atomic mass is 10.1. The first-order chi connectivity index (χ1) is 11.9. The highest BCUT2D eigenvalue weighted by Crippen LogP contribution is 2.24. The zero-order chi connectivity index (χ0) is 18.4. The normalized spacial score (nSPS) is 15.5. The van der Waals surface area contributed by atoms with Crippen LogP contribution in [-0.2, 0) is 9.59 Å². The van der Waals surface area contributed by atoms with E-state index in [2.05, 4.69) is 5.32 Å². The fraction of sp³-hybridized carbons (Fsp3) is 0.556. The van der Waals surface area contributed by atoms with Crippen molar-refractivity contribution in [2.75, 3.05) is 11.4 Å². The van der Waals surface area contributed by atoms with Crippen molar-refractivity contribution >= 4 is 17.5 Å². The number of halogens is 3. The third-order valence-corrected chi connectivity index (χ3v) is 4.47. The van der Waals surface area contributed by atoms with Gasteiger partial charge >= 0.3 is 0 Å². The van der Waals surface area contributed by atoms with Gasteiger partial charge < -0.3 is 10.2 Å². The quantitative estimate of drug-likeness (QED) is 0.646. The highest BCUT2D eigenvalue weighted by atomic mass is 19.2. The number of nitrogens with one attached hydrogen (secondary N) is 1. The monoisotopic (exact) mass is 356 g/mol. The molecule has 1 saturated carbocycles. The molecule has 1 fully saturated rings. The zero-order valence-corrected chi connectivity index (χ0v) is 14.3. The Kier molecular flexibility index (Phi) is 6.84. The SMILES string of the molecule is CC(=O)N(CCC(=O)NC1CCCCCC1)c1ccc(F)c(F)c1F. The minimum Gasteiger partial charge on any atom is -0.353 e. The van der Waals surface area contributed by atoms with Crippen LogP contribution in [0.3, 0.4) is 0 Å². The zero-order valence-electron chi connectivity index (χ0n) is 14.3. The third kappa shape index (κ3) is 5.21. The summed E-state index contributed by atoms with van der Waals surface area (Å²) in [7, 11) is 0. The number of carbonyl (C=O) groups is 2. The van der Waals surface area contributed by atoms with Gasteiger partial charge in [0.1, 0.15) is 0 Å². The largest absolute Gasteiger partial charge is 0.353 e. The second kappa shape index (κ2) is 8.87. The summed E-state index contributed by atoms with van der Waals surface area (Å²) >= 11 is 0. The van der Waals surface area contributed by atoms with Crippen LogP contribution in [0.15, 0.2) is 12.1 Å². The van der Waals surface area contributed by atoms with Crippen LogP contribution in [0.2, 0.25) is 0 Å². The second-order valence-electron chi connectivity index (χ2n) is 6.37. The average Bonchev–Trinajstić information content (AvgIpc) is 2.83. The number of anilines is 1. The van der Waals surface area contributed by atoms with Crippen molar-refractivity contribution in [3.05, 3.63) is 29.6 Å². The van der Waals surface area contributed by atoms with Crippen molar-refractivity contribution < 1.29 is 22.8 Å². The Labute approximate surface area is 145 Å². The molecule has 0 aliphatic heterocycles. The van der Waals surface area contributed by atoms with Gasteiger partial charge in [0.25, 0.3) is 0 Å². The van der Waals surface area contributed by atoms with Gasteiger partial charge in [-0.05, 0) is 25.0 Å². The van der Waals surface area contributed by atoms with Crippen LogP contribution >= 0.6 is 0 Å². The van der Waals surface area contributed by atoms with Gasteiger partial charge in [-0.15, -0.1) is 0 Å².